The van der Waals surface area contributed by atoms with Crippen molar-refractivity contribution in [3.63, 3.8) is 0 Å². The molecule has 0 radical (unpaired) electrons. The lowest BCUT2D eigenvalue weighted by Gasteiger charge is -2.28. The molecule has 0 heterocycles. The SMILES string of the molecule is CC(NC(=O)OCC1c2ccccc2-c2ccccc21)C(C)C(=O)N(C)C(C)C(=O)O. The molecule has 1 aliphatic carbocycles. The molecule has 0 spiro atoms. The van der Waals surface area contributed by atoms with E-state index < -0.39 is 30.1 Å². The van der Waals surface area contributed by atoms with E-state index in [0.717, 1.165) is 22.3 Å². The lowest BCUT2D eigenvalue weighted by molar-refractivity contribution is -0.150. The average Bonchev–Trinajstić information content (AvgIpc) is 3.09. The summed E-state index contributed by atoms with van der Waals surface area (Å²) < 4.78 is 5.52. The fraction of sp³-hybridized carbons (Fsp3) is 0.375. The Balaban J connectivity index is 1.60. The van der Waals surface area contributed by atoms with Crippen molar-refractivity contribution in [2.75, 3.05) is 13.7 Å². The van der Waals surface area contributed by atoms with Gasteiger partial charge < -0.3 is 20.1 Å². The summed E-state index contributed by atoms with van der Waals surface area (Å²) in [6, 6.07) is 14.7. The molecule has 3 unspecified atom stereocenters. The molecule has 3 atom stereocenters. The molecule has 2 aromatic rings. The lowest BCUT2D eigenvalue weighted by atomic mass is 9.98. The van der Waals surface area contributed by atoms with E-state index in [4.69, 9.17) is 9.84 Å². The number of carbonyl (C=O) groups excluding carboxylic acids is 2. The average molecular weight is 424 g/mol. The molecule has 3 rings (SSSR count). The van der Waals surface area contributed by atoms with Crippen LogP contribution in [-0.2, 0) is 14.3 Å². The second kappa shape index (κ2) is 9.20. The van der Waals surface area contributed by atoms with Gasteiger partial charge in [0.25, 0.3) is 0 Å². The van der Waals surface area contributed by atoms with E-state index >= 15 is 0 Å². The van der Waals surface area contributed by atoms with Crippen LogP contribution in [0.1, 0.15) is 37.8 Å². The number of rotatable bonds is 7. The third kappa shape index (κ3) is 4.55. The third-order valence-corrected chi connectivity index (χ3v) is 6.11. The van der Waals surface area contributed by atoms with Crippen LogP contribution in [0.25, 0.3) is 11.1 Å². The zero-order valence-electron chi connectivity index (χ0n) is 18.2. The van der Waals surface area contributed by atoms with Crippen LogP contribution in [0.4, 0.5) is 4.79 Å². The van der Waals surface area contributed by atoms with Gasteiger partial charge in [-0.3, -0.25) is 4.79 Å². The zero-order valence-corrected chi connectivity index (χ0v) is 18.2. The molecule has 0 aliphatic heterocycles. The van der Waals surface area contributed by atoms with Gasteiger partial charge in [0.2, 0.25) is 5.91 Å². The molecule has 7 heteroatoms. The first-order valence-corrected chi connectivity index (χ1v) is 10.3. The second-order valence-electron chi connectivity index (χ2n) is 8.01. The summed E-state index contributed by atoms with van der Waals surface area (Å²) in [4.78, 5) is 37.2. The quantitative estimate of drug-likeness (QED) is 0.709. The molecule has 2 amide bonds. The summed E-state index contributed by atoms with van der Waals surface area (Å²) in [5, 5.41) is 11.8. The molecule has 31 heavy (non-hydrogen) atoms. The monoisotopic (exact) mass is 424 g/mol. The van der Waals surface area contributed by atoms with Crippen LogP contribution in [0, 0.1) is 5.92 Å². The normalized spacial score (nSPS) is 15.2. The highest BCUT2D eigenvalue weighted by Gasteiger charge is 2.31. The molecule has 7 nitrogen and oxygen atoms in total. The maximum atomic E-state index is 12.5. The number of carboxylic acids is 1. The van der Waals surface area contributed by atoms with Crippen molar-refractivity contribution in [1.82, 2.24) is 10.2 Å². The number of nitrogens with one attached hydrogen (secondary N) is 1. The lowest BCUT2D eigenvalue weighted by Crippen LogP contribution is -2.48. The van der Waals surface area contributed by atoms with Crippen molar-refractivity contribution in [2.24, 2.45) is 5.92 Å². The van der Waals surface area contributed by atoms with E-state index in [-0.39, 0.29) is 18.4 Å². The number of benzene rings is 2. The molecule has 0 fully saturated rings. The molecule has 0 aromatic heterocycles. The summed E-state index contributed by atoms with van der Waals surface area (Å²) in [6.07, 6.45) is -0.608. The van der Waals surface area contributed by atoms with E-state index in [9.17, 15) is 14.4 Å². The number of likely N-dealkylation sites (N-methyl/N-ethyl adjacent to an activating group) is 1. The van der Waals surface area contributed by atoms with Crippen LogP contribution >= 0.6 is 0 Å². The zero-order chi connectivity index (χ0) is 22.7. The Labute approximate surface area is 182 Å². The Morgan fingerprint density at radius 1 is 1.00 bits per heavy atom. The Morgan fingerprint density at radius 2 is 1.52 bits per heavy atom. The minimum atomic E-state index is -1.08. The first-order chi connectivity index (χ1) is 14.7. The van der Waals surface area contributed by atoms with E-state index in [1.165, 1.54) is 18.9 Å². The minimum Gasteiger partial charge on any atom is -0.480 e. The Kier molecular flexibility index (Phi) is 6.63. The van der Waals surface area contributed by atoms with Crippen LogP contribution in [-0.4, -0.2) is 53.7 Å². The van der Waals surface area contributed by atoms with Gasteiger partial charge in [-0.2, -0.15) is 0 Å². The van der Waals surface area contributed by atoms with Gasteiger partial charge in [0, 0.05) is 19.0 Å². The number of carbonyl (C=O) groups is 3. The highest BCUT2D eigenvalue weighted by atomic mass is 16.5. The van der Waals surface area contributed by atoms with Crippen molar-refractivity contribution in [3.8, 4) is 11.1 Å². The first kappa shape index (κ1) is 22.3. The maximum absolute atomic E-state index is 12.5. The fourth-order valence-corrected chi connectivity index (χ4v) is 3.84. The molecular weight excluding hydrogens is 396 g/mol. The number of alkyl carbamates (subject to hydrolysis) is 1. The number of amides is 2. The van der Waals surface area contributed by atoms with Gasteiger partial charge in [0.1, 0.15) is 12.6 Å². The molecule has 0 bridgehead atoms. The molecule has 0 saturated carbocycles. The Hall–Kier alpha value is -3.35. The van der Waals surface area contributed by atoms with E-state index in [2.05, 4.69) is 17.4 Å². The Bertz CT molecular complexity index is 944. The van der Waals surface area contributed by atoms with Crippen molar-refractivity contribution < 1.29 is 24.2 Å². The van der Waals surface area contributed by atoms with Crippen LogP contribution in [0.3, 0.4) is 0 Å². The van der Waals surface area contributed by atoms with Gasteiger partial charge in [-0.05, 0) is 36.1 Å². The highest BCUT2D eigenvalue weighted by Crippen LogP contribution is 2.44. The van der Waals surface area contributed by atoms with Gasteiger partial charge in [0.15, 0.2) is 0 Å². The van der Waals surface area contributed by atoms with Crippen LogP contribution < -0.4 is 5.32 Å². The predicted molar refractivity (Wildman–Crippen MR) is 117 cm³/mol. The molecule has 0 saturated heterocycles. The summed E-state index contributed by atoms with van der Waals surface area (Å²) in [5.41, 5.74) is 4.54. The van der Waals surface area contributed by atoms with E-state index in [0.29, 0.717) is 0 Å². The summed E-state index contributed by atoms with van der Waals surface area (Å²) in [6.45, 7) is 4.98. The number of hydrogen-bond acceptors (Lipinski definition) is 4. The van der Waals surface area contributed by atoms with Crippen LogP contribution in [0.5, 0.6) is 0 Å². The largest absolute Gasteiger partial charge is 0.480 e. The van der Waals surface area contributed by atoms with Gasteiger partial charge in [0.05, 0.1) is 5.92 Å². The van der Waals surface area contributed by atoms with E-state index in [1.54, 1.807) is 13.8 Å². The van der Waals surface area contributed by atoms with Crippen LogP contribution in [0.2, 0.25) is 0 Å². The molecule has 2 N–H and O–H groups in total. The number of carboxylic acid groups (broad SMARTS) is 1. The first-order valence-electron chi connectivity index (χ1n) is 10.3. The molecular formula is C24H28N2O5. The van der Waals surface area contributed by atoms with Gasteiger partial charge in [-0.1, -0.05) is 55.5 Å². The molecule has 1 aliphatic rings. The third-order valence-electron chi connectivity index (χ3n) is 6.11. The minimum absolute atomic E-state index is 0.0462. The summed E-state index contributed by atoms with van der Waals surface area (Å²) in [7, 11) is 1.44. The second-order valence-corrected chi connectivity index (χ2v) is 8.01. The maximum Gasteiger partial charge on any atom is 0.407 e. The number of nitrogens with zero attached hydrogens (tertiary/aromatic N) is 1. The number of ether oxygens (including phenoxy) is 1. The van der Waals surface area contributed by atoms with Crippen molar-refractivity contribution in [3.05, 3.63) is 59.7 Å². The van der Waals surface area contributed by atoms with E-state index in [1.807, 2.05) is 36.4 Å². The Morgan fingerprint density at radius 3 is 2.03 bits per heavy atom. The van der Waals surface area contributed by atoms with Crippen molar-refractivity contribution >= 4 is 18.0 Å². The standard InChI is InChI=1S/C24H28N2O5/c1-14(22(27)26(4)16(3)23(28)29)15(2)25-24(30)31-13-21-19-11-7-5-9-17(19)18-10-6-8-12-20(18)21/h5-12,14-16,21H,13H2,1-4H3,(H,25,30)(H,28,29). The topological polar surface area (TPSA) is 95.9 Å². The molecule has 164 valence electrons. The van der Waals surface area contributed by atoms with Crippen molar-refractivity contribution in [2.45, 2.75) is 38.8 Å². The predicted octanol–water partition coefficient (Wildman–Crippen LogP) is 3.48. The number of hydrogen-bond donors (Lipinski definition) is 2. The van der Waals surface area contributed by atoms with Gasteiger partial charge >= 0.3 is 12.1 Å². The molecule has 2 aromatic carbocycles. The summed E-state index contributed by atoms with van der Waals surface area (Å²) >= 11 is 0. The fourth-order valence-electron chi connectivity index (χ4n) is 3.84. The smallest absolute Gasteiger partial charge is 0.407 e. The van der Waals surface area contributed by atoms with Crippen LogP contribution in [0.15, 0.2) is 48.5 Å². The van der Waals surface area contributed by atoms with Crippen molar-refractivity contribution in [1.29, 1.82) is 0 Å². The summed E-state index contributed by atoms with van der Waals surface area (Å²) in [5.74, 6) is -2.09. The number of aliphatic carboxylic acids is 1. The number of fused-ring (bicyclic) bond motifs is 3. The van der Waals surface area contributed by atoms with Gasteiger partial charge in [-0.15, -0.1) is 0 Å². The highest BCUT2D eigenvalue weighted by molar-refractivity contribution is 5.85. The van der Waals surface area contributed by atoms with Gasteiger partial charge in [-0.25, -0.2) is 9.59 Å².